The first-order chi connectivity index (χ1) is 29.6. The van der Waals surface area contributed by atoms with Crippen molar-refractivity contribution in [2.75, 3.05) is 6.54 Å². The zero-order valence-corrected chi connectivity index (χ0v) is 35.2. The monoisotopic (exact) mass is 850 g/mol. The average molecular weight is 851 g/mol. The molecule has 0 radical (unpaired) electrons. The number of carbonyl (C=O) groups excluding carboxylic acids is 6. The van der Waals surface area contributed by atoms with Gasteiger partial charge in [-0.15, -0.1) is 0 Å². The van der Waals surface area contributed by atoms with E-state index < -0.39 is 77.3 Å². The molecule has 0 aliphatic rings. The van der Waals surface area contributed by atoms with Crippen molar-refractivity contribution in [2.24, 2.45) is 17.2 Å². The van der Waals surface area contributed by atoms with E-state index in [4.69, 9.17) is 17.2 Å². The molecule has 0 unspecified atom stereocenters. The highest BCUT2D eigenvalue weighted by Gasteiger charge is 2.39. The second-order valence-corrected chi connectivity index (χ2v) is 15.9. The summed E-state index contributed by atoms with van der Waals surface area (Å²) >= 11 is 0. The van der Waals surface area contributed by atoms with Crippen LogP contribution < -0.4 is 43.8 Å². The quantitative estimate of drug-likeness (QED) is 0.0439. The fourth-order valence-corrected chi connectivity index (χ4v) is 7.24. The largest absolute Gasteiger partial charge is 0.391 e. The Hall–Kier alpha value is -6.56. The lowest BCUT2D eigenvalue weighted by molar-refractivity contribution is -0.137. The SMILES string of the molecule is C[C@H](NC(=O)[C@@](C)(Cc1c[nH]c2ccccc12)NC(=O)[C@H](N)[C@@H](C)O)C(=O)N[C@@H](Cc1c[nH]c2ccccc12)C(=O)N[C@H](Cc1ccccc1)C(=O)N[C@@H](CCCCN)C(N)=O. The summed E-state index contributed by atoms with van der Waals surface area (Å²) in [6.07, 6.45) is 3.66. The fraction of sp³-hybridized carbons (Fsp3) is 0.378. The van der Waals surface area contributed by atoms with Crippen molar-refractivity contribution in [3.05, 3.63) is 108 Å². The Kier molecular flexibility index (Phi) is 16.0. The van der Waals surface area contributed by atoms with Gasteiger partial charge in [0.15, 0.2) is 0 Å². The number of primary amides is 1. The zero-order valence-electron chi connectivity index (χ0n) is 35.2. The number of carbonyl (C=O) groups is 6. The van der Waals surface area contributed by atoms with Crippen LogP contribution in [0, 0.1) is 0 Å². The van der Waals surface area contributed by atoms with E-state index in [0.717, 1.165) is 27.4 Å². The van der Waals surface area contributed by atoms with Crippen LogP contribution in [0.5, 0.6) is 0 Å². The number of hydrogen-bond donors (Lipinski definition) is 11. The van der Waals surface area contributed by atoms with Crippen LogP contribution in [0.15, 0.2) is 91.3 Å². The number of aliphatic hydroxyl groups excluding tert-OH is 1. The van der Waals surface area contributed by atoms with Crippen molar-refractivity contribution in [2.45, 2.75) is 101 Å². The second-order valence-electron chi connectivity index (χ2n) is 15.9. The maximum atomic E-state index is 14.4. The summed E-state index contributed by atoms with van der Waals surface area (Å²) in [6.45, 7) is 4.68. The van der Waals surface area contributed by atoms with E-state index in [9.17, 15) is 33.9 Å². The van der Waals surface area contributed by atoms with Crippen LogP contribution in [-0.4, -0.2) is 98.9 Å². The number of rotatable bonds is 22. The molecule has 0 bridgehead atoms. The van der Waals surface area contributed by atoms with Gasteiger partial charge < -0.3 is 58.9 Å². The van der Waals surface area contributed by atoms with Crippen molar-refractivity contribution < 1.29 is 33.9 Å². The first-order valence-corrected chi connectivity index (χ1v) is 20.7. The molecule has 0 aliphatic carbocycles. The molecule has 3 aromatic carbocycles. The molecule has 5 rings (SSSR count). The van der Waals surface area contributed by atoms with E-state index in [1.54, 1.807) is 36.7 Å². The van der Waals surface area contributed by atoms with E-state index in [0.29, 0.717) is 30.5 Å². The van der Waals surface area contributed by atoms with Crippen molar-refractivity contribution in [1.29, 1.82) is 0 Å². The Bertz CT molecular complexity index is 2340. The van der Waals surface area contributed by atoms with Gasteiger partial charge in [-0.25, -0.2) is 0 Å². The Morgan fingerprint density at radius 1 is 0.677 bits per heavy atom. The lowest BCUT2D eigenvalue weighted by Crippen LogP contribution is -2.64. The highest BCUT2D eigenvalue weighted by molar-refractivity contribution is 5.98. The second kappa shape index (κ2) is 21.3. The standard InChI is InChI=1S/C45H58N10O7/c1-26(51-44(62)45(3,55-43(61)38(47)27(2)56)23-30-25-50-34-18-10-8-16-32(30)34)40(58)53-37(22-29-24-49-33-17-9-7-15-31(29)33)42(60)54-36(21-28-13-5-4-6-14-28)41(59)52-35(39(48)57)19-11-12-20-46/h4-10,13-18,24-27,35-38,49-50,56H,11-12,19-23,46-47H2,1-3H3,(H2,48,57)(H,51,62)(H,52,59)(H,53,58)(H,54,60)(H,55,61)/t26-,27+,35-,36+,37-,38+,45+/m0/s1. The number of hydrogen-bond acceptors (Lipinski definition) is 9. The zero-order chi connectivity index (χ0) is 45.0. The average Bonchev–Trinajstić information content (AvgIpc) is 3.86. The predicted octanol–water partition coefficient (Wildman–Crippen LogP) is 0.834. The number of aliphatic hydroxyl groups is 1. The molecule has 62 heavy (non-hydrogen) atoms. The van der Waals surface area contributed by atoms with Gasteiger partial charge in [0.1, 0.15) is 35.7 Å². The lowest BCUT2D eigenvalue weighted by Gasteiger charge is -2.32. The Morgan fingerprint density at radius 2 is 1.21 bits per heavy atom. The molecule has 17 nitrogen and oxygen atoms in total. The van der Waals surface area contributed by atoms with Crippen LogP contribution in [0.1, 0.15) is 56.7 Å². The summed E-state index contributed by atoms with van der Waals surface area (Å²) < 4.78 is 0. The van der Waals surface area contributed by atoms with E-state index in [1.165, 1.54) is 20.8 Å². The van der Waals surface area contributed by atoms with E-state index in [1.807, 2.05) is 54.6 Å². The lowest BCUT2D eigenvalue weighted by atomic mass is 9.90. The fourth-order valence-electron chi connectivity index (χ4n) is 7.24. The molecule has 17 heteroatoms. The van der Waals surface area contributed by atoms with Crippen molar-refractivity contribution in [3.8, 4) is 0 Å². The molecule has 330 valence electrons. The summed E-state index contributed by atoms with van der Waals surface area (Å²) in [4.78, 5) is 88.5. The molecule has 2 heterocycles. The van der Waals surface area contributed by atoms with Crippen molar-refractivity contribution in [1.82, 2.24) is 36.6 Å². The summed E-state index contributed by atoms with van der Waals surface area (Å²) in [6, 6.07) is 17.8. The molecule has 0 aliphatic heterocycles. The third-order valence-corrected chi connectivity index (χ3v) is 10.9. The molecule has 0 saturated carbocycles. The summed E-state index contributed by atoms with van der Waals surface area (Å²) in [5, 5.41) is 25.3. The number of benzene rings is 3. The van der Waals surface area contributed by atoms with Gasteiger partial charge in [-0.05, 0) is 75.4 Å². The normalized spacial score (nSPS) is 15.3. The highest BCUT2D eigenvalue weighted by Crippen LogP contribution is 2.24. The summed E-state index contributed by atoms with van der Waals surface area (Å²) in [5.74, 6) is -4.34. The minimum absolute atomic E-state index is 0.0174. The number of unbranched alkanes of at least 4 members (excludes halogenated alkanes) is 1. The Balaban J connectivity index is 1.40. The number of para-hydroxylation sites is 2. The van der Waals surface area contributed by atoms with Crippen molar-refractivity contribution in [3.63, 3.8) is 0 Å². The third kappa shape index (κ3) is 12.0. The Labute approximate surface area is 359 Å². The van der Waals surface area contributed by atoms with Gasteiger partial charge in [-0.2, -0.15) is 0 Å². The van der Waals surface area contributed by atoms with Crippen LogP contribution in [0.3, 0.4) is 0 Å². The molecule has 5 aromatic rings. The minimum atomic E-state index is -1.67. The number of aromatic amines is 2. The molecular weight excluding hydrogens is 793 g/mol. The van der Waals surface area contributed by atoms with Crippen LogP contribution in [0.25, 0.3) is 21.8 Å². The number of H-pyrrole nitrogens is 2. The highest BCUT2D eigenvalue weighted by atomic mass is 16.3. The molecule has 0 saturated heterocycles. The van der Waals surface area contributed by atoms with Gasteiger partial charge in [0.25, 0.3) is 0 Å². The van der Waals surface area contributed by atoms with Gasteiger partial charge >= 0.3 is 0 Å². The molecule has 0 spiro atoms. The van der Waals surface area contributed by atoms with Gasteiger partial charge in [0.2, 0.25) is 35.4 Å². The van der Waals surface area contributed by atoms with Crippen LogP contribution >= 0.6 is 0 Å². The molecule has 2 aromatic heterocycles. The smallest absolute Gasteiger partial charge is 0.246 e. The number of nitrogens with two attached hydrogens (primary N) is 3. The summed E-state index contributed by atoms with van der Waals surface area (Å²) in [5.41, 5.74) is 19.3. The third-order valence-electron chi connectivity index (χ3n) is 10.9. The summed E-state index contributed by atoms with van der Waals surface area (Å²) in [7, 11) is 0. The number of fused-ring (bicyclic) bond motifs is 2. The van der Waals surface area contributed by atoms with E-state index >= 15 is 0 Å². The first-order valence-electron chi connectivity index (χ1n) is 20.7. The minimum Gasteiger partial charge on any atom is -0.391 e. The molecule has 0 fully saturated rings. The van der Waals surface area contributed by atoms with Gasteiger partial charge in [-0.3, -0.25) is 28.8 Å². The molecule has 14 N–H and O–H groups in total. The van der Waals surface area contributed by atoms with Crippen LogP contribution in [0.4, 0.5) is 0 Å². The van der Waals surface area contributed by atoms with Gasteiger partial charge in [0, 0.05) is 53.5 Å². The van der Waals surface area contributed by atoms with Crippen LogP contribution in [0.2, 0.25) is 0 Å². The molecule has 7 atom stereocenters. The van der Waals surface area contributed by atoms with Gasteiger partial charge in [-0.1, -0.05) is 66.7 Å². The molecule has 6 amide bonds. The van der Waals surface area contributed by atoms with E-state index in [-0.39, 0.29) is 25.7 Å². The maximum Gasteiger partial charge on any atom is 0.246 e. The predicted molar refractivity (Wildman–Crippen MR) is 236 cm³/mol. The van der Waals surface area contributed by atoms with Gasteiger partial charge in [0.05, 0.1) is 6.10 Å². The van der Waals surface area contributed by atoms with Crippen LogP contribution in [-0.2, 0) is 48.0 Å². The first kappa shape index (κ1) is 46.5. The topological polar surface area (TPSA) is 292 Å². The van der Waals surface area contributed by atoms with E-state index in [2.05, 4.69) is 36.6 Å². The number of amides is 6. The number of aromatic nitrogens is 2. The molecular formula is C45H58N10O7. The number of nitrogens with one attached hydrogen (secondary N) is 7. The maximum absolute atomic E-state index is 14.4. The van der Waals surface area contributed by atoms with Crippen molar-refractivity contribution >= 4 is 57.2 Å². The Morgan fingerprint density at radius 3 is 1.81 bits per heavy atom.